The van der Waals surface area contributed by atoms with Crippen LogP contribution >= 0.6 is 0 Å². The number of carbonyl (C=O) groups excluding carboxylic acids is 1. The first kappa shape index (κ1) is 14.6. The zero-order valence-electron chi connectivity index (χ0n) is 11.4. The molecule has 0 radical (unpaired) electrons. The van der Waals surface area contributed by atoms with E-state index in [2.05, 4.69) is 10.6 Å². The van der Waals surface area contributed by atoms with Crippen molar-refractivity contribution >= 4 is 6.03 Å². The maximum Gasteiger partial charge on any atom is 0.315 e. The number of aromatic nitrogens is 1. The SMILES string of the molecule is O=C(NCC(O)Cn1ccccc1=O)NC1CCCC1. The first-order valence-electron chi connectivity index (χ1n) is 7.03. The number of amides is 2. The van der Waals surface area contributed by atoms with Gasteiger partial charge in [-0.05, 0) is 18.9 Å². The second-order valence-electron chi connectivity index (χ2n) is 5.18. The molecule has 2 amide bonds. The highest BCUT2D eigenvalue weighted by molar-refractivity contribution is 5.74. The topological polar surface area (TPSA) is 83.4 Å². The Morgan fingerprint density at radius 2 is 2.15 bits per heavy atom. The molecule has 0 aromatic carbocycles. The van der Waals surface area contributed by atoms with E-state index in [4.69, 9.17) is 0 Å². The molecule has 0 aliphatic heterocycles. The number of hydrogen-bond donors (Lipinski definition) is 3. The third kappa shape index (κ3) is 4.38. The lowest BCUT2D eigenvalue weighted by Gasteiger charge is -2.16. The molecule has 1 heterocycles. The molecule has 6 nitrogen and oxygen atoms in total. The van der Waals surface area contributed by atoms with Gasteiger partial charge in [-0.2, -0.15) is 0 Å². The van der Waals surface area contributed by atoms with Gasteiger partial charge in [-0.1, -0.05) is 18.9 Å². The Morgan fingerprint density at radius 3 is 2.85 bits per heavy atom. The molecule has 1 unspecified atom stereocenters. The number of aliphatic hydroxyl groups excluding tert-OH is 1. The summed E-state index contributed by atoms with van der Waals surface area (Å²) in [5.74, 6) is 0. The van der Waals surface area contributed by atoms with Crippen molar-refractivity contribution in [1.82, 2.24) is 15.2 Å². The average molecular weight is 279 g/mol. The van der Waals surface area contributed by atoms with E-state index in [1.54, 1.807) is 18.3 Å². The minimum atomic E-state index is -0.788. The first-order chi connectivity index (χ1) is 9.65. The minimum Gasteiger partial charge on any atom is -0.389 e. The number of carbonyl (C=O) groups is 1. The van der Waals surface area contributed by atoms with Gasteiger partial charge in [0.2, 0.25) is 0 Å². The van der Waals surface area contributed by atoms with E-state index in [9.17, 15) is 14.7 Å². The number of aliphatic hydroxyl groups is 1. The summed E-state index contributed by atoms with van der Waals surface area (Å²) in [4.78, 5) is 23.1. The number of nitrogens with zero attached hydrogens (tertiary/aromatic N) is 1. The molecular weight excluding hydrogens is 258 g/mol. The van der Waals surface area contributed by atoms with Crippen molar-refractivity contribution in [2.24, 2.45) is 0 Å². The van der Waals surface area contributed by atoms with Crippen LogP contribution in [0.4, 0.5) is 4.79 Å². The minimum absolute atomic E-state index is 0.125. The largest absolute Gasteiger partial charge is 0.389 e. The second kappa shape index (κ2) is 7.09. The third-order valence-corrected chi connectivity index (χ3v) is 3.50. The summed E-state index contributed by atoms with van der Waals surface area (Å²) in [6.45, 7) is 0.295. The van der Waals surface area contributed by atoms with Crippen LogP contribution in [0.1, 0.15) is 25.7 Å². The van der Waals surface area contributed by atoms with Gasteiger partial charge in [0.1, 0.15) is 0 Å². The average Bonchev–Trinajstić information content (AvgIpc) is 2.92. The Bertz CT molecular complexity index is 494. The van der Waals surface area contributed by atoms with Gasteiger partial charge in [0.25, 0.3) is 5.56 Å². The van der Waals surface area contributed by atoms with Crippen molar-refractivity contribution in [3.05, 3.63) is 34.7 Å². The zero-order valence-corrected chi connectivity index (χ0v) is 11.4. The second-order valence-corrected chi connectivity index (χ2v) is 5.18. The fourth-order valence-corrected chi connectivity index (χ4v) is 2.42. The molecule has 0 spiro atoms. The van der Waals surface area contributed by atoms with Gasteiger partial charge in [0, 0.05) is 24.8 Å². The van der Waals surface area contributed by atoms with Crippen molar-refractivity contribution in [3.63, 3.8) is 0 Å². The smallest absolute Gasteiger partial charge is 0.315 e. The Hall–Kier alpha value is -1.82. The quantitative estimate of drug-likeness (QED) is 0.732. The van der Waals surface area contributed by atoms with Gasteiger partial charge in [-0.25, -0.2) is 4.79 Å². The standard InChI is InChI=1S/C14H21N3O3/c18-12(10-17-8-4-3-7-13(17)19)9-15-14(20)16-11-5-1-2-6-11/h3-4,7-8,11-12,18H,1-2,5-6,9-10H2,(H2,15,16,20). The summed E-state index contributed by atoms with van der Waals surface area (Å²) in [5, 5.41) is 15.3. The molecule has 1 atom stereocenters. The summed E-state index contributed by atoms with van der Waals surface area (Å²) in [6, 6.07) is 4.82. The molecule has 2 rings (SSSR count). The monoisotopic (exact) mass is 279 g/mol. The lowest BCUT2D eigenvalue weighted by molar-refractivity contribution is 0.150. The molecule has 1 aromatic heterocycles. The Kier molecular flexibility index (Phi) is 5.17. The predicted molar refractivity (Wildman–Crippen MR) is 75.5 cm³/mol. The molecule has 0 saturated heterocycles. The number of nitrogens with one attached hydrogen (secondary N) is 2. The highest BCUT2D eigenvalue weighted by Gasteiger charge is 2.17. The van der Waals surface area contributed by atoms with Crippen LogP contribution in [0.25, 0.3) is 0 Å². The zero-order chi connectivity index (χ0) is 14.4. The van der Waals surface area contributed by atoms with E-state index in [1.165, 1.54) is 10.6 Å². The predicted octanol–water partition coefficient (Wildman–Crippen LogP) is 0.451. The van der Waals surface area contributed by atoms with Crippen LogP contribution in [0.5, 0.6) is 0 Å². The van der Waals surface area contributed by atoms with E-state index in [1.807, 2.05) is 0 Å². The van der Waals surface area contributed by atoms with Gasteiger partial charge >= 0.3 is 6.03 Å². The van der Waals surface area contributed by atoms with E-state index in [0.29, 0.717) is 0 Å². The Balaban J connectivity index is 1.72. The van der Waals surface area contributed by atoms with E-state index >= 15 is 0 Å². The van der Waals surface area contributed by atoms with Gasteiger partial charge in [0.05, 0.1) is 12.6 Å². The third-order valence-electron chi connectivity index (χ3n) is 3.50. The molecule has 6 heteroatoms. The van der Waals surface area contributed by atoms with Crippen molar-refractivity contribution < 1.29 is 9.90 Å². The van der Waals surface area contributed by atoms with Crippen molar-refractivity contribution in [2.75, 3.05) is 6.54 Å². The molecule has 1 aromatic rings. The fourth-order valence-electron chi connectivity index (χ4n) is 2.42. The van der Waals surface area contributed by atoms with Gasteiger partial charge in [-0.15, -0.1) is 0 Å². The summed E-state index contributed by atoms with van der Waals surface area (Å²) < 4.78 is 1.42. The lowest BCUT2D eigenvalue weighted by atomic mass is 10.2. The van der Waals surface area contributed by atoms with Crippen LogP contribution in [0.2, 0.25) is 0 Å². The number of rotatable bonds is 5. The van der Waals surface area contributed by atoms with Gasteiger partial charge in [-0.3, -0.25) is 4.79 Å². The van der Waals surface area contributed by atoms with E-state index in [0.717, 1.165) is 25.7 Å². The van der Waals surface area contributed by atoms with Gasteiger partial charge < -0.3 is 20.3 Å². The summed E-state index contributed by atoms with van der Waals surface area (Å²) in [5.41, 5.74) is -0.165. The highest BCUT2D eigenvalue weighted by atomic mass is 16.3. The summed E-state index contributed by atoms with van der Waals surface area (Å²) in [6.07, 6.45) is 5.19. The van der Waals surface area contributed by atoms with Crippen LogP contribution in [0.3, 0.4) is 0 Å². The number of hydrogen-bond acceptors (Lipinski definition) is 3. The fraction of sp³-hybridized carbons (Fsp3) is 0.571. The molecule has 3 N–H and O–H groups in total. The Labute approximate surface area is 117 Å². The van der Waals surface area contributed by atoms with Crippen molar-refractivity contribution in [1.29, 1.82) is 0 Å². The van der Waals surface area contributed by atoms with Crippen LogP contribution in [-0.4, -0.2) is 34.4 Å². The lowest BCUT2D eigenvalue weighted by Crippen LogP contribution is -2.44. The molecular formula is C14H21N3O3. The van der Waals surface area contributed by atoms with Crippen LogP contribution in [0, 0.1) is 0 Å². The summed E-state index contributed by atoms with van der Waals surface area (Å²) in [7, 11) is 0. The normalized spacial score (nSPS) is 16.9. The number of pyridine rings is 1. The molecule has 110 valence electrons. The molecule has 1 fully saturated rings. The molecule has 0 bridgehead atoms. The maximum absolute atomic E-state index is 11.6. The first-order valence-corrected chi connectivity index (χ1v) is 7.03. The van der Waals surface area contributed by atoms with Crippen molar-refractivity contribution in [3.8, 4) is 0 Å². The number of urea groups is 1. The Morgan fingerprint density at radius 1 is 1.40 bits per heavy atom. The van der Waals surface area contributed by atoms with E-state index < -0.39 is 6.10 Å². The van der Waals surface area contributed by atoms with Crippen LogP contribution in [-0.2, 0) is 6.54 Å². The van der Waals surface area contributed by atoms with Crippen LogP contribution < -0.4 is 16.2 Å². The van der Waals surface area contributed by atoms with Crippen LogP contribution in [0.15, 0.2) is 29.2 Å². The summed E-state index contributed by atoms with van der Waals surface area (Å²) >= 11 is 0. The molecule has 1 aliphatic carbocycles. The highest BCUT2D eigenvalue weighted by Crippen LogP contribution is 2.17. The van der Waals surface area contributed by atoms with Gasteiger partial charge in [0.15, 0.2) is 0 Å². The molecule has 20 heavy (non-hydrogen) atoms. The van der Waals surface area contributed by atoms with Crippen molar-refractivity contribution in [2.45, 2.75) is 44.4 Å². The maximum atomic E-state index is 11.6. The van der Waals surface area contributed by atoms with E-state index in [-0.39, 0.29) is 30.7 Å². The molecule has 1 aliphatic rings. The molecule has 1 saturated carbocycles.